The lowest BCUT2D eigenvalue weighted by molar-refractivity contribution is 0.122. The molecule has 4 heteroatoms. The first kappa shape index (κ1) is 10.1. The molecule has 0 saturated carbocycles. The number of halogens is 1. The molecule has 2 rings (SSSR count). The molecule has 3 nitrogen and oxygen atoms in total. The Morgan fingerprint density at radius 2 is 2.07 bits per heavy atom. The van der Waals surface area contributed by atoms with E-state index >= 15 is 0 Å². The molecule has 0 aromatic heterocycles. The zero-order valence-corrected chi connectivity index (χ0v) is 8.37. The highest BCUT2D eigenvalue weighted by molar-refractivity contribution is 5.86. The second kappa shape index (κ2) is 4.40. The molecule has 0 atom stereocenters. The van der Waals surface area contributed by atoms with Gasteiger partial charge in [0.1, 0.15) is 5.82 Å². The lowest BCUT2D eigenvalue weighted by Crippen LogP contribution is -2.36. The number of nitrogens with zero attached hydrogens (tertiary/aromatic N) is 1. The van der Waals surface area contributed by atoms with Crippen LogP contribution >= 0.6 is 0 Å². The van der Waals surface area contributed by atoms with E-state index in [1.807, 2.05) is 0 Å². The van der Waals surface area contributed by atoms with Crippen molar-refractivity contribution >= 4 is 11.9 Å². The van der Waals surface area contributed by atoms with Gasteiger partial charge in [-0.1, -0.05) is 0 Å². The van der Waals surface area contributed by atoms with Crippen LogP contribution < -0.4 is 4.90 Å². The van der Waals surface area contributed by atoms with Crippen molar-refractivity contribution in [1.29, 1.82) is 5.41 Å². The van der Waals surface area contributed by atoms with E-state index < -0.39 is 0 Å². The van der Waals surface area contributed by atoms with Crippen LogP contribution in [0.2, 0.25) is 0 Å². The fourth-order valence-electron chi connectivity index (χ4n) is 1.73. The third-order valence-electron chi connectivity index (χ3n) is 2.50. The first-order valence-corrected chi connectivity index (χ1v) is 4.94. The lowest BCUT2D eigenvalue weighted by Gasteiger charge is -2.29. The van der Waals surface area contributed by atoms with Crippen LogP contribution in [-0.2, 0) is 4.74 Å². The summed E-state index contributed by atoms with van der Waals surface area (Å²) in [5.74, 6) is -0.300. The van der Waals surface area contributed by atoms with Gasteiger partial charge in [-0.25, -0.2) is 4.39 Å². The standard InChI is InChI=1S/C11H13FN2O/c12-10-1-2-11(9(7-10)8-13)14-3-5-15-6-4-14/h1-2,7-8,13H,3-6H2. The van der Waals surface area contributed by atoms with Gasteiger partial charge in [-0.3, -0.25) is 0 Å². The lowest BCUT2D eigenvalue weighted by atomic mass is 10.1. The van der Waals surface area contributed by atoms with Gasteiger partial charge in [-0.2, -0.15) is 0 Å². The smallest absolute Gasteiger partial charge is 0.124 e. The topological polar surface area (TPSA) is 36.3 Å². The SMILES string of the molecule is N=Cc1cc(F)ccc1N1CCOCC1. The van der Waals surface area contributed by atoms with E-state index in [2.05, 4.69) is 4.90 Å². The van der Waals surface area contributed by atoms with Gasteiger partial charge in [-0.05, 0) is 18.2 Å². The molecule has 0 amide bonds. The quantitative estimate of drug-likeness (QED) is 0.750. The molecule has 1 heterocycles. The van der Waals surface area contributed by atoms with Crippen LogP contribution in [0.15, 0.2) is 18.2 Å². The highest BCUT2D eigenvalue weighted by Gasteiger charge is 2.14. The van der Waals surface area contributed by atoms with E-state index in [9.17, 15) is 4.39 Å². The molecule has 1 N–H and O–H groups in total. The van der Waals surface area contributed by atoms with Crippen molar-refractivity contribution in [3.05, 3.63) is 29.6 Å². The molecule has 0 radical (unpaired) electrons. The molecule has 0 unspecified atom stereocenters. The van der Waals surface area contributed by atoms with E-state index in [1.165, 1.54) is 18.3 Å². The maximum absolute atomic E-state index is 13.0. The number of hydrogen-bond acceptors (Lipinski definition) is 3. The minimum absolute atomic E-state index is 0.300. The van der Waals surface area contributed by atoms with Gasteiger partial charge in [0.05, 0.1) is 13.2 Å². The van der Waals surface area contributed by atoms with Crippen LogP contribution in [-0.4, -0.2) is 32.5 Å². The summed E-state index contributed by atoms with van der Waals surface area (Å²) in [5, 5.41) is 7.25. The Kier molecular flexibility index (Phi) is 2.97. The molecule has 1 fully saturated rings. The van der Waals surface area contributed by atoms with E-state index in [0.29, 0.717) is 18.8 Å². The first-order chi connectivity index (χ1) is 7.31. The van der Waals surface area contributed by atoms with Crippen molar-refractivity contribution in [1.82, 2.24) is 0 Å². The third kappa shape index (κ3) is 2.15. The van der Waals surface area contributed by atoms with Crippen molar-refractivity contribution in [2.75, 3.05) is 31.2 Å². The number of nitrogens with one attached hydrogen (secondary N) is 1. The molecule has 0 spiro atoms. The molecule has 1 aliphatic heterocycles. The second-order valence-electron chi connectivity index (χ2n) is 3.45. The molecule has 80 valence electrons. The Labute approximate surface area is 88.0 Å². The van der Waals surface area contributed by atoms with Crippen molar-refractivity contribution in [2.45, 2.75) is 0 Å². The molecule has 15 heavy (non-hydrogen) atoms. The molecule has 0 aliphatic carbocycles. The highest BCUT2D eigenvalue weighted by atomic mass is 19.1. The van der Waals surface area contributed by atoms with Gasteiger partial charge in [0.2, 0.25) is 0 Å². The van der Waals surface area contributed by atoms with E-state index in [-0.39, 0.29) is 5.82 Å². The summed E-state index contributed by atoms with van der Waals surface area (Å²) in [4.78, 5) is 2.11. The summed E-state index contributed by atoms with van der Waals surface area (Å²) in [6, 6.07) is 4.54. The number of hydrogen-bond donors (Lipinski definition) is 1. The molecular formula is C11H13FN2O. The van der Waals surface area contributed by atoms with Crippen LogP contribution in [0.1, 0.15) is 5.56 Å². The Morgan fingerprint density at radius 3 is 2.73 bits per heavy atom. The van der Waals surface area contributed by atoms with Crippen LogP contribution in [0.4, 0.5) is 10.1 Å². The summed E-state index contributed by atoms with van der Waals surface area (Å²) in [6.45, 7) is 2.97. The predicted octanol–water partition coefficient (Wildman–Crippen LogP) is 1.66. The van der Waals surface area contributed by atoms with Gasteiger partial charge in [-0.15, -0.1) is 0 Å². The summed E-state index contributed by atoms with van der Waals surface area (Å²) in [5.41, 5.74) is 1.53. The van der Waals surface area contributed by atoms with Crippen molar-refractivity contribution in [3.63, 3.8) is 0 Å². The van der Waals surface area contributed by atoms with Crippen molar-refractivity contribution < 1.29 is 9.13 Å². The Hall–Kier alpha value is -1.42. The Bertz CT molecular complexity index is 362. The number of benzene rings is 1. The largest absolute Gasteiger partial charge is 0.378 e. The number of ether oxygens (including phenoxy) is 1. The Balaban J connectivity index is 2.29. The second-order valence-corrected chi connectivity index (χ2v) is 3.45. The minimum atomic E-state index is -0.300. The normalized spacial score (nSPS) is 16.5. The molecule has 1 aromatic carbocycles. The average molecular weight is 208 g/mol. The van der Waals surface area contributed by atoms with Gasteiger partial charge < -0.3 is 15.0 Å². The molecule has 1 aromatic rings. The number of anilines is 1. The van der Waals surface area contributed by atoms with Gasteiger partial charge >= 0.3 is 0 Å². The van der Waals surface area contributed by atoms with E-state index in [1.54, 1.807) is 6.07 Å². The summed E-state index contributed by atoms with van der Waals surface area (Å²) in [6.07, 6.45) is 1.19. The maximum Gasteiger partial charge on any atom is 0.124 e. The number of rotatable bonds is 2. The molecule has 1 aliphatic rings. The number of morpholine rings is 1. The zero-order chi connectivity index (χ0) is 10.7. The monoisotopic (exact) mass is 208 g/mol. The van der Waals surface area contributed by atoms with Crippen molar-refractivity contribution in [3.8, 4) is 0 Å². The molecule has 1 saturated heterocycles. The van der Waals surface area contributed by atoms with Gasteiger partial charge in [0, 0.05) is 30.6 Å². The first-order valence-electron chi connectivity index (χ1n) is 4.94. The van der Waals surface area contributed by atoms with Crippen molar-refractivity contribution in [2.24, 2.45) is 0 Å². The van der Waals surface area contributed by atoms with Crippen LogP contribution in [0, 0.1) is 11.2 Å². The zero-order valence-electron chi connectivity index (χ0n) is 8.37. The third-order valence-corrected chi connectivity index (χ3v) is 2.50. The minimum Gasteiger partial charge on any atom is -0.378 e. The fourth-order valence-corrected chi connectivity index (χ4v) is 1.73. The van der Waals surface area contributed by atoms with Crippen LogP contribution in [0.25, 0.3) is 0 Å². The Morgan fingerprint density at radius 1 is 1.33 bits per heavy atom. The van der Waals surface area contributed by atoms with Gasteiger partial charge in [0.15, 0.2) is 0 Å². The van der Waals surface area contributed by atoms with Crippen LogP contribution in [0.5, 0.6) is 0 Å². The summed E-state index contributed by atoms with van der Waals surface area (Å²) >= 11 is 0. The highest BCUT2D eigenvalue weighted by Crippen LogP contribution is 2.21. The maximum atomic E-state index is 13.0. The predicted molar refractivity (Wildman–Crippen MR) is 57.3 cm³/mol. The molecular weight excluding hydrogens is 195 g/mol. The van der Waals surface area contributed by atoms with E-state index in [0.717, 1.165) is 18.8 Å². The summed E-state index contributed by atoms with van der Waals surface area (Å²) < 4.78 is 18.2. The fraction of sp³-hybridized carbons (Fsp3) is 0.364. The molecule has 0 bridgehead atoms. The van der Waals surface area contributed by atoms with Gasteiger partial charge in [0.25, 0.3) is 0 Å². The van der Waals surface area contributed by atoms with Crippen LogP contribution in [0.3, 0.4) is 0 Å². The average Bonchev–Trinajstić information content (AvgIpc) is 2.30. The van der Waals surface area contributed by atoms with E-state index in [4.69, 9.17) is 10.1 Å². The summed E-state index contributed by atoms with van der Waals surface area (Å²) in [7, 11) is 0.